The Morgan fingerprint density at radius 2 is 1.85 bits per heavy atom. The second kappa shape index (κ2) is 10.5. The van der Waals surface area contributed by atoms with Gasteiger partial charge in [0.15, 0.2) is 6.29 Å². The number of aliphatic hydroxyl groups excluding tert-OH is 1. The first kappa shape index (κ1) is 23.4. The molecule has 178 valence electrons. The number of nitrogens with one attached hydrogen (secondary N) is 2. The third kappa shape index (κ3) is 5.81. The minimum Gasteiger partial charge on any atom is -0.368 e. The van der Waals surface area contributed by atoms with Crippen LogP contribution < -0.4 is 10.6 Å². The fourth-order valence-corrected chi connectivity index (χ4v) is 4.97. The minimum atomic E-state index is -0.717. The van der Waals surface area contributed by atoms with Gasteiger partial charge in [0.25, 0.3) is 5.91 Å². The number of rotatable bonds is 6. The normalized spacial score (nSPS) is 26.4. The zero-order valence-corrected chi connectivity index (χ0v) is 19.4. The van der Waals surface area contributed by atoms with Crippen LogP contribution in [-0.2, 0) is 16.6 Å². The SMILES string of the molecule is CC1CCC(C(NC(=O)c2ccnn2C)C(=O)Nc2ccc(C3CCOC(O)C3)cc2)CC1. The molecule has 8 heteroatoms. The number of anilines is 1. The Kier molecular flexibility index (Phi) is 7.45. The van der Waals surface area contributed by atoms with Gasteiger partial charge >= 0.3 is 0 Å². The number of carbonyl (C=O) groups excluding carboxylic acids is 2. The van der Waals surface area contributed by atoms with E-state index in [1.165, 1.54) is 4.68 Å². The lowest BCUT2D eigenvalue weighted by atomic mass is 9.79. The number of ether oxygens (including phenoxy) is 1. The predicted octanol–water partition coefficient (Wildman–Crippen LogP) is 3.20. The minimum absolute atomic E-state index is 0.0985. The summed E-state index contributed by atoms with van der Waals surface area (Å²) in [7, 11) is 1.71. The van der Waals surface area contributed by atoms with Crippen LogP contribution in [0.3, 0.4) is 0 Å². The standard InChI is InChI=1S/C25H34N4O4/c1-16-3-5-18(6-4-16)23(28-24(31)21-11-13-26-29(21)2)25(32)27-20-9-7-17(8-10-20)19-12-14-33-22(30)15-19/h7-11,13,16,18-19,22-23,30H,3-6,12,14-15H2,1-2H3,(H,27,32)(H,28,31). The van der Waals surface area contributed by atoms with Crippen LogP contribution in [0.1, 0.15) is 67.4 Å². The molecule has 2 amide bonds. The lowest BCUT2D eigenvalue weighted by Gasteiger charge is -2.32. The van der Waals surface area contributed by atoms with Crippen LogP contribution in [0.4, 0.5) is 5.69 Å². The number of aryl methyl sites for hydroxylation is 1. The molecule has 3 N–H and O–H groups in total. The highest BCUT2D eigenvalue weighted by atomic mass is 16.6. The van der Waals surface area contributed by atoms with E-state index in [9.17, 15) is 14.7 Å². The molecular weight excluding hydrogens is 420 g/mol. The maximum atomic E-state index is 13.3. The molecular formula is C25H34N4O4. The predicted molar refractivity (Wildman–Crippen MR) is 125 cm³/mol. The first-order chi connectivity index (χ1) is 15.9. The fraction of sp³-hybridized carbons (Fsp3) is 0.560. The largest absolute Gasteiger partial charge is 0.368 e. The van der Waals surface area contributed by atoms with Crippen molar-refractivity contribution in [3.63, 3.8) is 0 Å². The van der Waals surface area contributed by atoms with Crippen molar-refractivity contribution in [2.24, 2.45) is 18.9 Å². The van der Waals surface area contributed by atoms with Crippen molar-refractivity contribution in [3.05, 3.63) is 47.8 Å². The second-order valence-electron chi connectivity index (χ2n) is 9.47. The van der Waals surface area contributed by atoms with Gasteiger partial charge in [0.1, 0.15) is 11.7 Å². The Balaban J connectivity index is 1.45. The third-order valence-electron chi connectivity index (χ3n) is 7.07. The van der Waals surface area contributed by atoms with Crippen molar-refractivity contribution in [1.82, 2.24) is 15.1 Å². The Morgan fingerprint density at radius 3 is 2.48 bits per heavy atom. The van der Waals surface area contributed by atoms with Crippen LogP contribution in [-0.4, -0.2) is 45.6 Å². The Labute approximate surface area is 194 Å². The number of aliphatic hydroxyl groups is 1. The average molecular weight is 455 g/mol. The Bertz CT molecular complexity index is 950. The first-order valence-corrected chi connectivity index (χ1v) is 11.9. The summed E-state index contributed by atoms with van der Waals surface area (Å²) in [5, 5.41) is 19.8. The summed E-state index contributed by atoms with van der Waals surface area (Å²) in [6, 6.07) is 8.80. The van der Waals surface area contributed by atoms with E-state index in [0.29, 0.717) is 30.3 Å². The zero-order valence-electron chi connectivity index (χ0n) is 19.4. The van der Waals surface area contributed by atoms with Gasteiger partial charge in [-0.2, -0.15) is 5.10 Å². The van der Waals surface area contributed by atoms with Gasteiger partial charge in [0, 0.05) is 25.4 Å². The summed E-state index contributed by atoms with van der Waals surface area (Å²) in [6.07, 6.45) is 6.24. The second-order valence-corrected chi connectivity index (χ2v) is 9.47. The van der Waals surface area contributed by atoms with E-state index in [1.807, 2.05) is 24.3 Å². The number of hydrogen-bond donors (Lipinski definition) is 3. The molecule has 1 aliphatic heterocycles. The highest BCUT2D eigenvalue weighted by molar-refractivity contribution is 6.00. The van der Waals surface area contributed by atoms with Gasteiger partial charge in [-0.15, -0.1) is 0 Å². The summed E-state index contributed by atoms with van der Waals surface area (Å²) in [5.74, 6) is 0.505. The van der Waals surface area contributed by atoms with Crippen LogP contribution >= 0.6 is 0 Å². The van der Waals surface area contributed by atoms with Crippen molar-refractivity contribution in [1.29, 1.82) is 0 Å². The first-order valence-electron chi connectivity index (χ1n) is 11.9. The maximum absolute atomic E-state index is 13.3. The molecule has 1 saturated heterocycles. The van der Waals surface area contributed by atoms with Gasteiger partial charge in [-0.05, 0) is 60.8 Å². The van der Waals surface area contributed by atoms with Gasteiger partial charge in [-0.1, -0.05) is 31.9 Å². The van der Waals surface area contributed by atoms with Crippen LogP contribution in [0.25, 0.3) is 0 Å². The van der Waals surface area contributed by atoms with Crippen molar-refractivity contribution in [2.75, 3.05) is 11.9 Å². The molecule has 1 saturated carbocycles. The summed E-state index contributed by atoms with van der Waals surface area (Å²) >= 11 is 0. The summed E-state index contributed by atoms with van der Waals surface area (Å²) < 4.78 is 6.73. The van der Waals surface area contributed by atoms with E-state index < -0.39 is 12.3 Å². The third-order valence-corrected chi connectivity index (χ3v) is 7.07. The van der Waals surface area contributed by atoms with Gasteiger partial charge in [-0.25, -0.2) is 0 Å². The molecule has 3 unspecified atom stereocenters. The van der Waals surface area contributed by atoms with Gasteiger partial charge in [0.05, 0.1) is 6.61 Å². The van der Waals surface area contributed by atoms with E-state index in [2.05, 4.69) is 22.7 Å². The number of amides is 2. The summed E-state index contributed by atoms with van der Waals surface area (Å²) in [6.45, 7) is 2.78. The molecule has 8 nitrogen and oxygen atoms in total. The van der Waals surface area contributed by atoms with Crippen molar-refractivity contribution >= 4 is 17.5 Å². The number of nitrogens with zero attached hydrogens (tertiary/aromatic N) is 2. The van der Waals surface area contributed by atoms with E-state index >= 15 is 0 Å². The molecule has 0 spiro atoms. The molecule has 2 heterocycles. The Morgan fingerprint density at radius 1 is 1.12 bits per heavy atom. The van der Waals surface area contributed by atoms with Crippen LogP contribution in [0, 0.1) is 11.8 Å². The van der Waals surface area contributed by atoms with Gasteiger partial charge in [0.2, 0.25) is 5.91 Å². The average Bonchev–Trinajstić information content (AvgIpc) is 3.24. The molecule has 2 aromatic rings. The molecule has 1 aromatic carbocycles. The molecule has 2 fully saturated rings. The molecule has 1 aliphatic carbocycles. The van der Waals surface area contributed by atoms with E-state index in [0.717, 1.165) is 37.7 Å². The smallest absolute Gasteiger partial charge is 0.270 e. The fourth-order valence-electron chi connectivity index (χ4n) is 4.97. The topological polar surface area (TPSA) is 105 Å². The molecule has 2 aliphatic rings. The Hall–Kier alpha value is -2.71. The van der Waals surface area contributed by atoms with Crippen LogP contribution in [0.15, 0.2) is 36.5 Å². The monoisotopic (exact) mass is 454 g/mol. The number of hydrogen-bond acceptors (Lipinski definition) is 5. The lowest BCUT2D eigenvalue weighted by Crippen LogP contribution is -2.49. The number of benzene rings is 1. The number of carbonyl (C=O) groups is 2. The van der Waals surface area contributed by atoms with Crippen molar-refractivity contribution in [3.8, 4) is 0 Å². The summed E-state index contributed by atoms with van der Waals surface area (Å²) in [4.78, 5) is 26.2. The van der Waals surface area contributed by atoms with Crippen molar-refractivity contribution in [2.45, 2.75) is 63.7 Å². The van der Waals surface area contributed by atoms with Crippen molar-refractivity contribution < 1.29 is 19.4 Å². The molecule has 4 rings (SSSR count). The van der Waals surface area contributed by atoms with Gasteiger partial charge < -0.3 is 20.5 Å². The highest BCUT2D eigenvalue weighted by Crippen LogP contribution is 2.32. The molecule has 0 bridgehead atoms. The van der Waals surface area contributed by atoms with E-state index in [4.69, 9.17) is 4.74 Å². The van der Waals surface area contributed by atoms with Crippen LogP contribution in [0.2, 0.25) is 0 Å². The maximum Gasteiger partial charge on any atom is 0.270 e. The molecule has 3 atom stereocenters. The van der Waals surface area contributed by atoms with E-state index in [-0.39, 0.29) is 23.7 Å². The van der Waals surface area contributed by atoms with Crippen LogP contribution in [0.5, 0.6) is 0 Å². The highest BCUT2D eigenvalue weighted by Gasteiger charge is 2.33. The summed E-state index contributed by atoms with van der Waals surface area (Å²) in [5.41, 5.74) is 2.25. The lowest BCUT2D eigenvalue weighted by molar-refractivity contribution is -0.129. The zero-order chi connectivity index (χ0) is 23.4. The van der Waals surface area contributed by atoms with E-state index in [1.54, 1.807) is 19.3 Å². The molecule has 0 radical (unpaired) electrons. The van der Waals surface area contributed by atoms with Gasteiger partial charge in [-0.3, -0.25) is 14.3 Å². The molecule has 1 aromatic heterocycles. The quantitative estimate of drug-likeness (QED) is 0.622. The molecule has 33 heavy (non-hydrogen) atoms. The number of aromatic nitrogens is 2.